The Morgan fingerprint density at radius 3 is 2.79 bits per heavy atom. The van der Waals surface area contributed by atoms with Gasteiger partial charge < -0.3 is 10.6 Å². The van der Waals surface area contributed by atoms with Crippen LogP contribution in [0.5, 0.6) is 0 Å². The van der Waals surface area contributed by atoms with Crippen LogP contribution in [0.15, 0.2) is 47.1 Å². The molecule has 0 spiro atoms. The van der Waals surface area contributed by atoms with Crippen LogP contribution in [-0.4, -0.2) is 15.9 Å². The van der Waals surface area contributed by atoms with E-state index in [1.807, 2.05) is 6.07 Å². The number of halogens is 3. The van der Waals surface area contributed by atoms with Crippen molar-refractivity contribution in [3.8, 4) is 0 Å². The van der Waals surface area contributed by atoms with Gasteiger partial charge in [0.05, 0.1) is 18.3 Å². The van der Waals surface area contributed by atoms with Gasteiger partial charge in [0.2, 0.25) is 11.9 Å². The third-order valence-corrected chi connectivity index (χ3v) is 4.94. The Bertz CT molecular complexity index is 1070. The largest absolute Gasteiger partial charge is 0.326 e. The number of nitrogens with zero attached hydrogens (tertiary/aromatic N) is 2. The van der Waals surface area contributed by atoms with Crippen LogP contribution in [0.4, 0.5) is 26.1 Å². The molecule has 2 heterocycles. The summed E-state index contributed by atoms with van der Waals surface area (Å²) in [5.41, 5.74) is 3.06. The number of aromatic nitrogens is 2. The zero-order valence-electron chi connectivity index (χ0n) is 14.6. The molecule has 1 amide bonds. The molecule has 28 heavy (non-hydrogen) atoms. The number of carbonyl (C=O) groups excluding carboxylic acids is 1. The highest BCUT2D eigenvalue weighted by Gasteiger charge is 2.18. The number of amides is 1. The summed E-state index contributed by atoms with van der Waals surface area (Å²) in [6.07, 6.45) is 1.98. The molecule has 0 saturated carbocycles. The average molecular weight is 445 g/mol. The molecule has 0 radical (unpaired) electrons. The fraction of sp³-hybridized carbons (Fsp3) is 0.150. The molecule has 0 bridgehead atoms. The Morgan fingerprint density at radius 2 is 1.96 bits per heavy atom. The molecule has 3 aromatic rings. The minimum Gasteiger partial charge on any atom is -0.326 e. The zero-order valence-corrected chi connectivity index (χ0v) is 16.2. The number of hydrogen-bond acceptors (Lipinski definition) is 4. The third kappa shape index (κ3) is 4.01. The van der Waals surface area contributed by atoms with Crippen molar-refractivity contribution < 1.29 is 13.6 Å². The molecular formula is C20H15BrF2N4O. The average Bonchev–Trinajstić information content (AvgIpc) is 3.02. The van der Waals surface area contributed by atoms with Gasteiger partial charge in [0, 0.05) is 15.8 Å². The van der Waals surface area contributed by atoms with Crippen molar-refractivity contribution in [2.24, 2.45) is 0 Å². The summed E-state index contributed by atoms with van der Waals surface area (Å²) in [7, 11) is 0. The summed E-state index contributed by atoms with van der Waals surface area (Å²) in [5, 5.41) is 5.79. The number of benzene rings is 2. The fourth-order valence-corrected chi connectivity index (χ4v) is 3.38. The van der Waals surface area contributed by atoms with Crippen LogP contribution in [-0.2, 0) is 24.1 Å². The van der Waals surface area contributed by atoms with Crippen LogP contribution in [0.2, 0.25) is 0 Å². The lowest BCUT2D eigenvalue weighted by atomic mass is 10.1. The van der Waals surface area contributed by atoms with Crippen molar-refractivity contribution in [2.45, 2.75) is 19.3 Å². The first-order valence-corrected chi connectivity index (χ1v) is 9.42. The van der Waals surface area contributed by atoms with E-state index in [9.17, 15) is 13.6 Å². The van der Waals surface area contributed by atoms with Gasteiger partial charge >= 0.3 is 0 Å². The van der Waals surface area contributed by atoms with Gasteiger partial charge in [-0.15, -0.1) is 0 Å². The molecular weight excluding hydrogens is 430 g/mol. The fourth-order valence-electron chi connectivity index (χ4n) is 3.05. The summed E-state index contributed by atoms with van der Waals surface area (Å²) < 4.78 is 28.7. The Morgan fingerprint density at radius 1 is 1.11 bits per heavy atom. The monoisotopic (exact) mass is 444 g/mol. The van der Waals surface area contributed by atoms with E-state index in [0.717, 1.165) is 17.4 Å². The van der Waals surface area contributed by atoms with Crippen molar-refractivity contribution in [2.75, 3.05) is 10.6 Å². The maximum absolute atomic E-state index is 14.1. The lowest BCUT2D eigenvalue weighted by Gasteiger charge is -2.09. The van der Waals surface area contributed by atoms with Crippen LogP contribution >= 0.6 is 15.9 Å². The first-order chi connectivity index (χ1) is 13.5. The van der Waals surface area contributed by atoms with Crippen molar-refractivity contribution in [3.63, 3.8) is 0 Å². The highest BCUT2D eigenvalue weighted by Crippen LogP contribution is 2.27. The molecule has 4 rings (SSSR count). The van der Waals surface area contributed by atoms with Crippen molar-refractivity contribution in [1.82, 2.24) is 9.97 Å². The van der Waals surface area contributed by atoms with E-state index in [1.165, 1.54) is 6.07 Å². The number of rotatable bonds is 5. The minimum atomic E-state index is -0.535. The maximum Gasteiger partial charge on any atom is 0.228 e. The lowest BCUT2D eigenvalue weighted by molar-refractivity contribution is -0.115. The van der Waals surface area contributed by atoms with Gasteiger partial charge in [0.1, 0.15) is 5.82 Å². The molecule has 1 aliphatic rings. The SMILES string of the molecule is O=C1Cc2cc(Nc3ncc(F)c(CCc4ccc(Br)cc4F)n3)ccc2N1. The number of aryl methyl sites for hydroxylation is 2. The number of hydrogen-bond donors (Lipinski definition) is 2. The second-order valence-electron chi connectivity index (χ2n) is 6.45. The van der Waals surface area contributed by atoms with Crippen LogP contribution in [0.1, 0.15) is 16.8 Å². The van der Waals surface area contributed by atoms with Gasteiger partial charge in [-0.1, -0.05) is 22.0 Å². The smallest absolute Gasteiger partial charge is 0.228 e. The Kier molecular flexibility index (Phi) is 5.04. The molecule has 142 valence electrons. The van der Waals surface area contributed by atoms with Gasteiger partial charge in [-0.3, -0.25) is 4.79 Å². The van der Waals surface area contributed by atoms with Gasteiger partial charge in [-0.2, -0.15) is 0 Å². The van der Waals surface area contributed by atoms with Crippen LogP contribution in [0, 0.1) is 11.6 Å². The molecule has 0 saturated heterocycles. The van der Waals surface area contributed by atoms with E-state index in [2.05, 4.69) is 36.5 Å². The van der Waals surface area contributed by atoms with Crippen LogP contribution in [0.3, 0.4) is 0 Å². The predicted molar refractivity (Wildman–Crippen MR) is 106 cm³/mol. The molecule has 0 aliphatic carbocycles. The zero-order chi connectivity index (χ0) is 19.7. The Labute approximate surface area is 168 Å². The molecule has 2 N–H and O–H groups in total. The standard InChI is InChI=1S/C20H15BrF2N4O/c21-13-3-1-11(15(22)9-13)2-5-18-16(23)10-24-20(27-18)25-14-4-6-17-12(7-14)8-19(28)26-17/h1,3-4,6-7,9-10H,2,5,8H2,(H,26,28)(H,24,25,27). The number of anilines is 3. The number of fused-ring (bicyclic) bond motifs is 1. The van der Waals surface area contributed by atoms with E-state index in [4.69, 9.17) is 0 Å². The van der Waals surface area contributed by atoms with Crippen molar-refractivity contribution >= 4 is 39.2 Å². The van der Waals surface area contributed by atoms with Crippen LogP contribution in [0.25, 0.3) is 0 Å². The second-order valence-corrected chi connectivity index (χ2v) is 7.36. The van der Waals surface area contributed by atoms with Crippen LogP contribution < -0.4 is 10.6 Å². The van der Waals surface area contributed by atoms with E-state index < -0.39 is 5.82 Å². The van der Waals surface area contributed by atoms with Gasteiger partial charge in [0.25, 0.3) is 0 Å². The molecule has 0 unspecified atom stereocenters. The van der Waals surface area contributed by atoms with E-state index in [-0.39, 0.29) is 29.8 Å². The van der Waals surface area contributed by atoms with E-state index in [1.54, 1.807) is 24.3 Å². The first-order valence-electron chi connectivity index (χ1n) is 8.63. The molecule has 1 aliphatic heterocycles. The van der Waals surface area contributed by atoms with Gasteiger partial charge in [-0.25, -0.2) is 18.7 Å². The third-order valence-electron chi connectivity index (χ3n) is 4.45. The normalized spacial score (nSPS) is 12.6. The summed E-state index contributed by atoms with van der Waals surface area (Å²) in [6.45, 7) is 0. The minimum absolute atomic E-state index is 0.0485. The summed E-state index contributed by atoms with van der Waals surface area (Å²) in [4.78, 5) is 19.6. The molecule has 5 nitrogen and oxygen atoms in total. The summed E-state index contributed by atoms with van der Waals surface area (Å²) in [5.74, 6) is -0.687. The second kappa shape index (κ2) is 7.63. The molecule has 1 aromatic heterocycles. The lowest BCUT2D eigenvalue weighted by Crippen LogP contribution is -2.05. The molecule has 2 aromatic carbocycles. The topological polar surface area (TPSA) is 66.9 Å². The van der Waals surface area contributed by atoms with Crippen molar-refractivity contribution in [1.29, 1.82) is 0 Å². The maximum atomic E-state index is 14.1. The first kappa shape index (κ1) is 18.5. The van der Waals surface area contributed by atoms with Gasteiger partial charge in [0.15, 0.2) is 5.82 Å². The van der Waals surface area contributed by atoms with Crippen molar-refractivity contribution in [3.05, 3.63) is 75.5 Å². The summed E-state index contributed by atoms with van der Waals surface area (Å²) >= 11 is 3.22. The van der Waals surface area contributed by atoms with E-state index >= 15 is 0 Å². The number of carbonyl (C=O) groups is 1. The Balaban J connectivity index is 1.49. The van der Waals surface area contributed by atoms with Gasteiger partial charge in [-0.05, 0) is 54.3 Å². The molecule has 0 fully saturated rings. The number of nitrogens with one attached hydrogen (secondary N) is 2. The Hall–Kier alpha value is -2.87. The highest BCUT2D eigenvalue weighted by atomic mass is 79.9. The van der Waals surface area contributed by atoms with E-state index in [0.29, 0.717) is 28.6 Å². The molecule has 0 atom stereocenters. The highest BCUT2D eigenvalue weighted by molar-refractivity contribution is 9.10. The predicted octanol–water partition coefficient (Wildman–Crippen LogP) is 4.54. The molecule has 8 heteroatoms. The quantitative estimate of drug-likeness (QED) is 0.605. The summed E-state index contributed by atoms with van der Waals surface area (Å²) in [6, 6.07) is 10.2.